The van der Waals surface area contributed by atoms with Crippen molar-refractivity contribution in [2.45, 2.75) is 6.42 Å². The van der Waals surface area contributed by atoms with E-state index in [9.17, 15) is 14.0 Å². The van der Waals surface area contributed by atoms with Gasteiger partial charge in [0.15, 0.2) is 0 Å². The quantitative estimate of drug-likeness (QED) is 0.767. The van der Waals surface area contributed by atoms with E-state index in [1.165, 1.54) is 12.1 Å². The first-order chi connectivity index (χ1) is 12.0. The van der Waals surface area contributed by atoms with Gasteiger partial charge >= 0.3 is 0 Å². The lowest BCUT2D eigenvalue weighted by Gasteiger charge is -2.22. The van der Waals surface area contributed by atoms with Crippen LogP contribution in [0.4, 0.5) is 4.39 Å². The van der Waals surface area contributed by atoms with E-state index in [1.807, 2.05) is 18.2 Å². The molecule has 1 fully saturated rings. The van der Waals surface area contributed by atoms with Crippen LogP contribution in [-0.4, -0.2) is 47.8 Å². The Bertz CT molecular complexity index is 762. The number of benzene rings is 2. The molecule has 1 heterocycles. The van der Waals surface area contributed by atoms with E-state index >= 15 is 0 Å². The van der Waals surface area contributed by atoms with Crippen molar-refractivity contribution in [2.24, 2.45) is 0 Å². The van der Waals surface area contributed by atoms with Crippen molar-refractivity contribution in [2.75, 3.05) is 26.2 Å². The van der Waals surface area contributed by atoms with Crippen LogP contribution in [-0.2, 0) is 0 Å². The van der Waals surface area contributed by atoms with E-state index in [1.54, 1.807) is 28.0 Å². The smallest absolute Gasteiger partial charge is 0.254 e. The van der Waals surface area contributed by atoms with Gasteiger partial charge in [-0.05, 0) is 36.8 Å². The highest BCUT2D eigenvalue weighted by Crippen LogP contribution is 2.18. The van der Waals surface area contributed by atoms with Crippen molar-refractivity contribution in [1.29, 1.82) is 0 Å². The van der Waals surface area contributed by atoms with E-state index in [2.05, 4.69) is 15.9 Å². The lowest BCUT2D eigenvalue weighted by atomic mass is 10.2. The van der Waals surface area contributed by atoms with Crippen molar-refractivity contribution in [3.63, 3.8) is 0 Å². The summed E-state index contributed by atoms with van der Waals surface area (Å²) in [6.07, 6.45) is 0.695. The molecule has 2 amide bonds. The molecule has 2 aromatic rings. The summed E-state index contributed by atoms with van der Waals surface area (Å²) >= 11 is 3.21. The van der Waals surface area contributed by atoms with Gasteiger partial charge in [-0.2, -0.15) is 0 Å². The van der Waals surface area contributed by atoms with Gasteiger partial charge in [-0.15, -0.1) is 0 Å². The van der Waals surface area contributed by atoms with E-state index in [-0.39, 0.29) is 11.8 Å². The molecule has 0 aliphatic carbocycles. The molecule has 0 saturated carbocycles. The molecule has 0 N–H and O–H groups in total. The molecule has 2 aromatic carbocycles. The SMILES string of the molecule is O=C(c1ccccc1)N1CCCN(C(=O)c2cc(F)cc(Br)c2)CC1. The zero-order valence-corrected chi connectivity index (χ0v) is 15.2. The molecule has 25 heavy (non-hydrogen) atoms. The van der Waals surface area contributed by atoms with E-state index in [0.717, 1.165) is 0 Å². The molecule has 130 valence electrons. The Morgan fingerprint density at radius 3 is 2.04 bits per heavy atom. The molecule has 0 unspecified atom stereocenters. The second kappa shape index (κ2) is 7.78. The molecule has 0 aromatic heterocycles. The highest BCUT2D eigenvalue weighted by atomic mass is 79.9. The summed E-state index contributed by atoms with van der Waals surface area (Å²) in [6, 6.07) is 13.3. The molecule has 0 bridgehead atoms. The lowest BCUT2D eigenvalue weighted by Crippen LogP contribution is -2.37. The minimum atomic E-state index is -0.451. The van der Waals surface area contributed by atoms with E-state index in [0.29, 0.717) is 48.2 Å². The molecule has 0 spiro atoms. The van der Waals surface area contributed by atoms with E-state index < -0.39 is 5.82 Å². The number of rotatable bonds is 2. The van der Waals surface area contributed by atoms with Gasteiger partial charge in [0.2, 0.25) is 0 Å². The van der Waals surface area contributed by atoms with Gasteiger partial charge in [0.1, 0.15) is 5.82 Å². The summed E-state index contributed by atoms with van der Waals surface area (Å²) < 4.78 is 14.1. The second-order valence-corrected chi connectivity index (χ2v) is 6.88. The van der Waals surface area contributed by atoms with Gasteiger partial charge in [-0.1, -0.05) is 34.1 Å². The largest absolute Gasteiger partial charge is 0.337 e. The molecule has 1 aliphatic heterocycles. The van der Waals surface area contributed by atoms with Gasteiger partial charge in [0.05, 0.1) is 0 Å². The molecule has 1 saturated heterocycles. The predicted molar refractivity (Wildman–Crippen MR) is 97.0 cm³/mol. The first kappa shape index (κ1) is 17.6. The van der Waals surface area contributed by atoms with Crippen LogP contribution in [0.1, 0.15) is 27.1 Å². The second-order valence-electron chi connectivity index (χ2n) is 5.96. The third-order valence-electron chi connectivity index (χ3n) is 4.20. The third-order valence-corrected chi connectivity index (χ3v) is 4.66. The van der Waals surface area contributed by atoms with Gasteiger partial charge in [-0.25, -0.2) is 4.39 Å². The molecular weight excluding hydrogens is 387 g/mol. The minimum Gasteiger partial charge on any atom is -0.337 e. The summed E-state index contributed by atoms with van der Waals surface area (Å²) in [5.41, 5.74) is 0.964. The summed E-state index contributed by atoms with van der Waals surface area (Å²) in [5.74, 6) is -0.689. The Morgan fingerprint density at radius 2 is 1.44 bits per heavy atom. The predicted octanol–water partition coefficient (Wildman–Crippen LogP) is 3.58. The Kier molecular flexibility index (Phi) is 5.48. The van der Waals surface area contributed by atoms with Crippen LogP contribution >= 0.6 is 15.9 Å². The average Bonchev–Trinajstić information content (AvgIpc) is 2.86. The third kappa shape index (κ3) is 4.25. The zero-order valence-electron chi connectivity index (χ0n) is 13.6. The van der Waals surface area contributed by atoms with Crippen molar-refractivity contribution in [3.05, 3.63) is 69.9 Å². The average molecular weight is 405 g/mol. The van der Waals surface area contributed by atoms with Crippen LogP contribution < -0.4 is 0 Å². The first-order valence-electron chi connectivity index (χ1n) is 8.14. The fraction of sp³-hybridized carbons (Fsp3) is 0.263. The highest BCUT2D eigenvalue weighted by molar-refractivity contribution is 9.10. The molecule has 1 aliphatic rings. The Morgan fingerprint density at radius 1 is 0.840 bits per heavy atom. The maximum Gasteiger partial charge on any atom is 0.254 e. The van der Waals surface area contributed by atoms with E-state index in [4.69, 9.17) is 0 Å². The molecule has 3 rings (SSSR count). The van der Waals surface area contributed by atoms with Gasteiger partial charge in [0.25, 0.3) is 11.8 Å². The maximum atomic E-state index is 13.5. The Labute approximate surface area is 154 Å². The zero-order chi connectivity index (χ0) is 17.8. The Hall–Kier alpha value is -2.21. The van der Waals surface area contributed by atoms with Gasteiger partial charge in [-0.3, -0.25) is 9.59 Å². The summed E-state index contributed by atoms with van der Waals surface area (Å²) in [7, 11) is 0. The van der Waals surface area contributed by atoms with Crippen LogP contribution in [0.3, 0.4) is 0 Å². The number of amides is 2. The summed E-state index contributed by atoms with van der Waals surface area (Å²) in [4.78, 5) is 28.6. The van der Waals surface area contributed by atoms with Gasteiger partial charge in [0, 0.05) is 41.8 Å². The van der Waals surface area contributed by atoms with Crippen molar-refractivity contribution in [3.8, 4) is 0 Å². The molecule has 0 atom stereocenters. The first-order valence-corrected chi connectivity index (χ1v) is 8.93. The fourth-order valence-electron chi connectivity index (χ4n) is 2.95. The monoisotopic (exact) mass is 404 g/mol. The fourth-order valence-corrected chi connectivity index (χ4v) is 3.41. The number of halogens is 2. The highest BCUT2D eigenvalue weighted by Gasteiger charge is 2.23. The number of hydrogen-bond donors (Lipinski definition) is 0. The van der Waals surface area contributed by atoms with Crippen LogP contribution in [0.25, 0.3) is 0 Å². The van der Waals surface area contributed by atoms with Crippen molar-refractivity contribution < 1.29 is 14.0 Å². The summed E-state index contributed by atoms with van der Waals surface area (Å²) in [6.45, 7) is 2.05. The molecule has 4 nitrogen and oxygen atoms in total. The molecule has 6 heteroatoms. The topological polar surface area (TPSA) is 40.6 Å². The number of nitrogens with zero attached hydrogens (tertiary/aromatic N) is 2. The van der Waals surface area contributed by atoms with Crippen LogP contribution in [0.2, 0.25) is 0 Å². The maximum absolute atomic E-state index is 13.5. The lowest BCUT2D eigenvalue weighted by molar-refractivity contribution is 0.0718. The van der Waals surface area contributed by atoms with Crippen molar-refractivity contribution in [1.82, 2.24) is 9.80 Å². The van der Waals surface area contributed by atoms with Crippen molar-refractivity contribution >= 4 is 27.7 Å². The van der Waals surface area contributed by atoms with Gasteiger partial charge < -0.3 is 9.80 Å². The normalized spacial score (nSPS) is 15.0. The number of hydrogen-bond acceptors (Lipinski definition) is 2. The summed E-state index contributed by atoms with van der Waals surface area (Å²) in [5, 5.41) is 0. The van der Waals surface area contributed by atoms with Crippen LogP contribution in [0.15, 0.2) is 53.0 Å². The standard InChI is InChI=1S/C19H18BrFN2O2/c20-16-11-15(12-17(21)13-16)19(25)23-8-4-7-22(9-10-23)18(24)14-5-2-1-3-6-14/h1-3,5-6,11-13H,4,7-10H2. The molecule has 0 radical (unpaired) electrons. The Balaban J connectivity index is 1.69. The minimum absolute atomic E-state index is 0.0246. The van der Waals surface area contributed by atoms with Crippen LogP contribution in [0.5, 0.6) is 0 Å². The van der Waals surface area contributed by atoms with Crippen LogP contribution in [0, 0.1) is 5.82 Å². The number of carbonyl (C=O) groups is 2. The molecular formula is C19H18BrFN2O2. The number of carbonyl (C=O) groups excluding carboxylic acids is 2.